The van der Waals surface area contributed by atoms with Crippen LogP contribution in [0, 0.1) is 5.82 Å². The van der Waals surface area contributed by atoms with Gasteiger partial charge in [0.2, 0.25) is 15.9 Å². The number of amides is 2. The Hall–Kier alpha value is -2.94. The molecule has 0 saturated carbocycles. The molecule has 0 radical (unpaired) electrons. The van der Waals surface area contributed by atoms with Gasteiger partial charge in [0, 0.05) is 0 Å². The molecule has 0 heterocycles. The summed E-state index contributed by atoms with van der Waals surface area (Å²) in [6.07, 6.45) is 0.876. The zero-order valence-corrected chi connectivity index (χ0v) is 15.0. The predicted molar refractivity (Wildman–Crippen MR) is 96.8 cm³/mol. The van der Waals surface area contributed by atoms with Crippen molar-refractivity contribution in [2.24, 2.45) is 5.73 Å². The van der Waals surface area contributed by atoms with E-state index in [0.717, 1.165) is 12.3 Å². The van der Waals surface area contributed by atoms with Gasteiger partial charge in [-0.15, -0.1) is 0 Å². The molecule has 0 spiro atoms. The molecule has 26 heavy (non-hydrogen) atoms. The van der Waals surface area contributed by atoms with E-state index in [1.807, 2.05) is 0 Å². The van der Waals surface area contributed by atoms with Crippen molar-refractivity contribution in [3.05, 3.63) is 59.9 Å². The highest BCUT2D eigenvalue weighted by Crippen LogP contribution is 2.25. The largest absolute Gasteiger partial charge is 0.366 e. The molecule has 7 nitrogen and oxygen atoms in total. The maximum absolute atomic E-state index is 14.1. The van der Waals surface area contributed by atoms with Crippen molar-refractivity contribution < 1.29 is 22.4 Å². The SMILES string of the molecule is C[C@@H](C(=O)Nc1ccccc1C(N)=O)N(c1ccccc1F)S(C)(=O)=O. The fourth-order valence-corrected chi connectivity index (χ4v) is 3.63. The standard InChI is InChI=1S/C17H18FN3O4S/c1-11(17(23)20-14-9-5-3-7-12(14)16(19)22)21(26(2,24)25)15-10-6-4-8-13(15)18/h3-11H,1-2H3,(H2,19,22)(H,20,23)/t11-/m0/s1. The number of rotatable bonds is 6. The van der Waals surface area contributed by atoms with Crippen LogP contribution in [0.25, 0.3) is 0 Å². The lowest BCUT2D eigenvalue weighted by molar-refractivity contribution is -0.116. The van der Waals surface area contributed by atoms with E-state index < -0.39 is 33.7 Å². The molecule has 0 aromatic heterocycles. The molecule has 0 aliphatic heterocycles. The monoisotopic (exact) mass is 379 g/mol. The minimum Gasteiger partial charge on any atom is -0.366 e. The third-order valence-electron chi connectivity index (χ3n) is 3.63. The maximum Gasteiger partial charge on any atom is 0.250 e. The number of nitrogens with one attached hydrogen (secondary N) is 1. The summed E-state index contributed by atoms with van der Waals surface area (Å²) in [6, 6.07) is 9.99. The summed E-state index contributed by atoms with van der Waals surface area (Å²) >= 11 is 0. The van der Waals surface area contributed by atoms with Gasteiger partial charge in [0.25, 0.3) is 5.91 Å². The van der Waals surface area contributed by atoms with E-state index in [9.17, 15) is 22.4 Å². The molecule has 0 aliphatic rings. The van der Waals surface area contributed by atoms with Crippen LogP contribution < -0.4 is 15.4 Å². The number of nitrogens with zero attached hydrogens (tertiary/aromatic N) is 1. The molecule has 0 fully saturated rings. The Bertz CT molecular complexity index is 947. The summed E-state index contributed by atoms with van der Waals surface area (Å²) in [7, 11) is -3.96. The van der Waals surface area contributed by atoms with E-state index >= 15 is 0 Å². The molecule has 1 atom stereocenters. The second kappa shape index (κ2) is 7.52. The quantitative estimate of drug-likeness (QED) is 0.796. The number of para-hydroxylation sites is 2. The number of nitrogens with two attached hydrogens (primary N) is 1. The Kier molecular flexibility index (Phi) is 5.61. The van der Waals surface area contributed by atoms with E-state index in [0.29, 0.717) is 4.31 Å². The van der Waals surface area contributed by atoms with Crippen LogP contribution in [-0.4, -0.2) is 32.5 Å². The fraction of sp³-hybridized carbons (Fsp3) is 0.176. The second-order valence-electron chi connectivity index (χ2n) is 5.59. The average molecular weight is 379 g/mol. The smallest absolute Gasteiger partial charge is 0.250 e. The normalized spacial score (nSPS) is 12.3. The molecule has 0 saturated heterocycles. The highest BCUT2D eigenvalue weighted by atomic mass is 32.2. The average Bonchev–Trinajstić information content (AvgIpc) is 2.55. The fourth-order valence-electron chi connectivity index (χ4n) is 2.46. The van der Waals surface area contributed by atoms with E-state index in [1.165, 1.54) is 37.3 Å². The van der Waals surface area contributed by atoms with Gasteiger partial charge in [-0.25, -0.2) is 12.8 Å². The summed E-state index contributed by atoms with van der Waals surface area (Å²) in [5, 5.41) is 2.47. The molecule has 2 aromatic rings. The first-order valence-electron chi connectivity index (χ1n) is 7.56. The lowest BCUT2D eigenvalue weighted by Gasteiger charge is -2.28. The van der Waals surface area contributed by atoms with Crippen LogP contribution in [0.5, 0.6) is 0 Å². The van der Waals surface area contributed by atoms with Gasteiger partial charge in [-0.3, -0.25) is 13.9 Å². The van der Waals surface area contributed by atoms with Crippen molar-refractivity contribution in [2.45, 2.75) is 13.0 Å². The Balaban J connectivity index is 2.38. The van der Waals surface area contributed by atoms with Crippen molar-refractivity contribution in [1.29, 1.82) is 0 Å². The van der Waals surface area contributed by atoms with Gasteiger partial charge in [0.15, 0.2) is 0 Å². The molecule has 0 aliphatic carbocycles. The molecule has 2 rings (SSSR count). The Labute approximate surface area is 150 Å². The first kappa shape index (κ1) is 19.4. The van der Waals surface area contributed by atoms with Crippen LogP contribution in [0.2, 0.25) is 0 Å². The first-order chi connectivity index (χ1) is 12.1. The van der Waals surface area contributed by atoms with Gasteiger partial charge in [-0.2, -0.15) is 0 Å². The number of sulfonamides is 1. The zero-order valence-electron chi connectivity index (χ0n) is 14.1. The van der Waals surface area contributed by atoms with E-state index in [4.69, 9.17) is 5.73 Å². The molecule has 0 unspecified atom stereocenters. The second-order valence-corrected chi connectivity index (χ2v) is 7.44. The third kappa shape index (κ3) is 4.17. The highest BCUT2D eigenvalue weighted by Gasteiger charge is 2.31. The molecular formula is C17H18FN3O4S. The lowest BCUT2D eigenvalue weighted by atomic mass is 10.1. The summed E-state index contributed by atoms with van der Waals surface area (Å²) in [5.41, 5.74) is 5.22. The number of halogens is 1. The van der Waals surface area contributed by atoms with Crippen molar-refractivity contribution in [3.8, 4) is 0 Å². The van der Waals surface area contributed by atoms with Gasteiger partial charge >= 0.3 is 0 Å². The van der Waals surface area contributed by atoms with Crippen molar-refractivity contribution in [2.75, 3.05) is 15.9 Å². The predicted octanol–water partition coefficient (Wildman–Crippen LogP) is 1.72. The van der Waals surface area contributed by atoms with Crippen molar-refractivity contribution in [1.82, 2.24) is 0 Å². The topological polar surface area (TPSA) is 110 Å². The van der Waals surface area contributed by atoms with E-state index in [2.05, 4.69) is 5.32 Å². The van der Waals surface area contributed by atoms with Gasteiger partial charge in [-0.05, 0) is 31.2 Å². The van der Waals surface area contributed by atoms with Crippen LogP contribution in [0.4, 0.5) is 15.8 Å². The molecule has 2 aromatic carbocycles. The lowest BCUT2D eigenvalue weighted by Crippen LogP contribution is -2.46. The van der Waals surface area contributed by atoms with Crippen LogP contribution in [0.1, 0.15) is 17.3 Å². The zero-order chi connectivity index (χ0) is 19.5. The summed E-state index contributed by atoms with van der Waals surface area (Å²) in [4.78, 5) is 24.0. The van der Waals surface area contributed by atoms with E-state index in [-0.39, 0.29) is 16.9 Å². The molecule has 9 heteroatoms. The molecule has 138 valence electrons. The molecule has 2 amide bonds. The number of carbonyl (C=O) groups is 2. The van der Waals surface area contributed by atoms with Gasteiger partial charge < -0.3 is 11.1 Å². The highest BCUT2D eigenvalue weighted by molar-refractivity contribution is 7.92. The summed E-state index contributed by atoms with van der Waals surface area (Å²) < 4.78 is 39.1. The number of carbonyl (C=O) groups excluding carboxylic acids is 2. The molecular weight excluding hydrogens is 361 g/mol. The Morgan fingerprint density at radius 1 is 1.12 bits per heavy atom. The number of primary amides is 1. The minimum absolute atomic E-state index is 0.0739. The van der Waals surface area contributed by atoms with Crippen LogP contribution in [0.3, 0.4) is 0 Å². The van der Waals surface area contributed by atoms with Crippen LogP contribution >= 0.6 is 0 Å². The molecule has 0 bridgehead atoms. The maximum atomic E-state index is 14.1. The van der Waals surface area contributed by atoms with Crippen molar-refractivity contribution in [3.63, 3.8) is 0 Å². The van der Waals surface area contributed by atoms with E-state index in [1.54, 1.807) is 12.1 Å². The number of hydrogen-bond donors (Lipinski definition) is 2. The van der Waals surface area contributed by atoms with Gasteiger partial charge in [0.05, 0.1) is 23.2 Å². The van der Waals surface area contributed by atoms with Crippen LogP contribution in [0.15, 0.2) is 48.5 Å². The van der Waals surface area contributed by atoms with Crippen molar-refractivity contribution >= 4 is 33.2 Å². The van der Waals surface area contributed by atoms with Gasteiger partial charge in [0.1, 0.15) is 11.9 Å². The molecule has 3 N–H and O–H groups in total. The van der Waals surface area contributed by atoms with Gasteiger partial charge in [-0.1, -0.05) is 24.3 Å². The number of anilines is 2. The summed E-state index contributed by atoms with van der Waals surface area (Å²) in [5.74, 6) is -2.27. The minimum atomic E-state index is -3.96. The first-order valence-corrected chi connectivity index (χ1v) is 9.41. The summed E-state index contributed by atoms with van der Waals surface area (Å²) in [6.45, 7) is 1.32. The number of benzene rings is 2. The van der Waals surface area contributed by atoms with Crippen LogP contribution in [-0.2, 0) is 14.8 Å². The third-order valence-corrected chi connectivity index (χ3v) is 4.86. The Morgan fingerprint density at radius 3 is 2.27 bits per heavy atom. The Morgan fingerprint density at radius 2 is 1.69 bits per heavy atom. The number of hydrogen-bond acceptors (Lipinski definition) is 4.